The molecule has 0 bridgehead atoms. The minimum atomic E-state index is 0.275. The summed E-state index contributed by atoms with van der Waals surface area (Å²) in [5, 5.41) is 16.1. The van der Waals surface area contributed by atoms with Crippen molar-refractivity contribution >= 4 is 17.4 Å². The van der Waals surface area contributed by atoms with Crippen molar-refractivity contribution in [2.24, 2.45) is 0 Å². The highest BCUT2D eigenvalue weighted by atomic mass is 35.5. The lowest BCUT2D eigenvalue weighted by molar-refractivity contribution is 0.373. The first kappa shape index (κ1) is 15.1. The summed E-state index contributed by atoms with van der Waals surface area (Å²) in [6.45, 7) is 1.87. The normalized spacial score (nSPS) is 15.8. The molecule has 1 aromatic rings. The van der Waals surface area contributed by atoms with Gasteiger partial charge in [-0.3, -0.25) is 0 Å². The molecule has 2 rings (SSSR count). The van der Waals surface area contributed by atoms with Crippen molar-refractivity contribution in [2.45, 2.75) is 44.6 Å². The number of pyridine rings is 1. The van der Waals surface area contributed by atoms with Crippen molar-refractivity contribution in [3.8, 4) is 6.07 Å². The van der Waals surface area contributed by atoms with Crippen LogP contribution in [0.1, 0.15) is 44.2 Å². The van der Waals surface area contributed by atoms with Crippen molar-refractivity contribution in [3.05, 3.63) is 22.8 Å². The summed E-state index contributed by atoms with van der Waals surface area (Å²) < 4.78 is 0. The van der Waals surface area contributed by atoms with Crippen molar-refractivity contribution in [1.82, 2.24) is 10.3 Å². The molecule has 108 valence electrons. The Hall–Kier alpha value is -1.31. The van der Waals surface area contributed by atoms with Gasteiger partial charge in [0.1, 0.15) is 11.9 Å². The average Bonchev–Trinajstić information content (AvgIpc) is 2.49. The second kappa shape index (κ2) is 8.08. The highest BCUT2D eigenvalue weighted by Crippen LogP contribution is 2.17. The second-order valence-corrected chi connectivity index (χ2v) is 5.62. The molecule has 1 saturated carbocycles. The molecule has 1 aliphatic carbocycles. The van der Waals surface area contributed by atoms with Crippen LogP contribution >= 0.6 is 11.6 Å². The Morgan fingerprint density at radius 1 is 1.25 bits per heavy atom. The number of nitrogens with one attached hydrogen (secondary N) is 2. The second-order valence-electron chi connectivity index (χ2n) is 5.21. The van der Waals surface area contributed by atoms with Crippen molar-refractivity contribution in [3.63, 3.8) is 0 Å². The lowest BCUT2D eigenvalue weighted by atomic mass is 9.95. The number of nitriles is 1. The van der Waals surface area contributed by atoms with Crippen LogP contribution in [0.2, 0.25) is 5.02 Å². The Morgan fingerprint density at radius 2 is 2.05 bits per heavy atom. The van der Waals surface area contributed by atoms with Gasteiger partial charge < -0.3 is 10.6 Å². The van der Waals surface area contributed by atoms with E-state index < -0.39 is 0 Å². The van der Waals surface area contributed by atoms with Gasteiger partial charge in [0.05, 0.1) is 5.02 Å². The zero-order chi connectivity index (χ0) is 14.2. The molecular weight excluding hydrogens is 272 g/mol. The van der Waals surface area contributed by atoms with E-state index in [4.69, 9.17) is 16.9 Å². The fraction of sp³-hybridized carbons (Fsp3) is 0.600. The van der Waals surface area contributed by atoms with E-state index in [1.54, 1.807) is 12.1 Å². The average molecular weight is 293 g/mol. The van der Waals surface area contributed by atoms with Crippen LogP contribution in [-0.4, -0.2) is 24.1 Å². The van der Waals surface area contributed by atoms with Gasteiger partial charge in [-0.1, -0.05) is 30.9 Å². The first-order valence-corrected chi connectivity index (χ1v) is 7.71. The minimum absolute atomic E-state index is 0.275. The number of aromatic nitrogens is 1. The van der Waals surface area contributed by atoms with Crippen LogP contribution in [0.25, 0.3) is 0 Å². The van der Waals surface area contributed by atoms with E-state index in [9.17, 15) is 0 Å². The number of halogens is 1. The van der Waals surface area contributed by atoms with Gasteiger partial charge in [-0.2, -0.15) is 5.26 Å². The monoisotopic (exact) mass is 292 g/mol. The van der Waals surface area contributed by atoms with Crippen LogP contribution in [0.3, 0.4) is 0 Å². The molecule has 1 aliphatic rings. The smallest absolute Gasteiger partial charge is 0.161 e. The van der Waals surface area contributed by atoms with Gasteiger partial charge in [-0.25, -0.2) is 4.98 Å². The Labute approximate surface area is 125 Å². The van der Waals surface area contributed by atoms with E-state index in [0.29, 0.717) is 16.9 Å². The molecule has 0 aromatic carbocycles. The van der Waals surface area contributed by atoms with Crippen LogP contribution in [0, 0.1) is 11.3 Å². The molecule has 0 aliphatic heterocycles. The third-order valence-corrected chi connectivity index (χ3v) is 3.95. The van der Waals surface area contributed by atoms with Gasteiger partial charge in [0.15, 0.2) is 5.69 Å². The summed E-state index contributed by atoms with van der Waals surface area (Å²) in [6, 6.07) is 6.20. The van der Waals surface area contributed by atoms with Gasteiger partial charge in [-0.15, -0.1) is 0 Å². The van der Waals surface area contributed by atoms with Crippen LogP contribution in [0.5, 0.6) is 0 Å². The van der Waals surface area contributed by atoms with E-state index >= 15 is 0 Å². The van der Waals surface area contributed by atoms with Crippen molar-refractivity contribution < 1.29 is 0 Å². The van der Waals surface area contributed by atoms with Gasteiger partial charge in [-0.05, 0) is 37.9 Å². The van der Waals surface area contributed by atoms with Crippen LogP contribution in [-0.2, 0) is 0 Å². The Bertz CT molecular complexity index is 463. The number of rotatable bonds is 6. The van der Waals surface area contributed by atoms with Crippen molar-refractivity contribution in [2.75, 3.05) is 18.4 Å². The molecule has 20 heavy (non-hydrogen) atoms. The maximum atomic E-state index is 8.86. The molecule has 5 heteroatoms. The Kier molecular flexibility index (Phi) is 6.10. The maximum Gasteiger partial charge on any atom is 0.161 e. The largest absolute Gasteiger partial charge is 0.370 e. The van der Waals surface area contributed by atoms with Gasteiger partial charge >= 0.3 is 0 Å². The molecule has 0 saturated heterocycles. The molecule has 0 amide bonds. The van der Waals surface area contributed by atoms with Gasteiger partial charge in [0, 0.05) is 12.6 Å². The lowest BCUT2D eigenvalue weighted by Crippen LogP contribution is -2.32. The molecular formula is C15H21ClN4. The lowest BCUT2D eigenvalue weighted by Gasteiger charge is -2.22. The molecule has 0 spiro atoms. The van der Waals surface area contributed by atoms with Crippen LogP contribution in [0.4, 0.5) is 5.82 Å². The van der Waals surface area contributed by atoms with E-state index in [1.807, 2.05) is 6.07 Å². The first-order chi connectivity index (χ1) is 9.79. The Morgan fingerprint density at radius 3 is 2.80 bits per heavy atom. The molecule has 4 nitrogen and oxygen atoms in total. The molecule has 0 unspecified atom stereocenters. The third kappa shape index (κ3) is 4.66. The van der Waals surface area contributed by atoms with E-state index in [1.165, 1.54) is 32.1 Å². The summed E-state index contributed by atoms with van der Waals surface area (Å²) in [5.41, 5.74) is 0.275. The topological polar surface area (TPSA) is 60.7 Å². The SMILES string of the molecule is N#Cc1nc(NCCCNC2CCCCC2)ccc1Cl. The minimum Gasteiger partial charge on any atom is -0.370 e. The third-order valence-electron chi connectivity index (χ3n) is 3.65. The maximum absolute atomic E-state index is 8.86. The quantitative estimate of drug-likeness (QED) is 0.790. The van der Waals surface area contributed by atoms with E-state index in [-0.39, 0.29) is 5.69 Å². The zero-order valence-corrected chi connectivity index (χ0v) is 12.4. The van der Waals surface area contributed by atoms with Crippen LogP contribution in [0.15, 0.2) is 12.1 Å². The molecule has 1 fully saturated rings. The Balaban J connectivity index is 1.64. The van der Waals surface area contributed by atoms with E-state index in [0.717, 1.165) is 19.5 Å². The molecule has 0 radical (unpaired) electrons. The summed E-state index contributed by atoms with van der Waals surface area (Å²) >= 11 is 5.84. The number of anilines is 1. The summed E-state index contributed by atoms with van der Waals surface area (Å²) in [7, 11) is 0. The van der Waals surface area contributed by atoms with Crippen LogP contribution < -0.4 is 10.6 Å². The van der Waals surface area contributed by atoms with Gasteiger partial charge in [0.25, 0.3) is 0 Å². The number of hydrogen-bond donors (Lipinski definition) is 2. The predicted octanol–water partition coefficient (Wildman–Crippen LogP) is 3.33. The summed E-state index contributed by atoms with van der Waals surface area (Å²) in [5.74, 6) is 0.712. The summed E-state index contributed by atoms with van der Waals surface area (Å²) in [6.07, 6.45) is 7.80. The molecule has 2 N–H and O–H groups in total. The predicted molar refractivity (Wildman–Crippen MR) is 81.9 cm³/mol. The molecule has 1 aromatic heterocycles. The highest BCUT2D eigenvalue weighted by molar-refractivity contribution is 6.31. The highest BCUT2D eigenvalue weighted by Gasteiger charge is 2.11. The van der Waals surface area contributed by atoms with Crippen molar-refractivity contribution in [1.29, 1.82) is 5.26 Å². The number of hydrogen-bond acceptors (Lipinski definition) is 4. The molecule has 1 heterocycles. The van der Waals surface area contributed by atoms with Gasteiger partial charge in [0.2, 0.25) is 0 Å². The van der Waals surface area contributed by atoms with E-state index in [2.05, 4.69) is 15.6 Å². The first-order valence-electron chi connectivity index (χ1n) is 7.33. The summed E-state index contributed by atoms with van der Waals surface area (Å²) in [4.78, 5) is 4.15. The number of nitrogens with zero attached hydrogens (tertiary/aromatic N) is 2. The molecule has 0 atom stereocenters. The fourth-order valence-electron chi connectivity index (χ4n) is 2.54. The fourth-order valence-corrected chi connectivity index (χ4v) is 2.68. The zero-order valence-electron chi connectivity index (χ0n) is 11.7. The standard InChI is InChI=1S/C15H21ClN4/c16-13-7-8-15(20-14(13)11-17)19-10-4-9-18-12-5-2-1-3-6-12/h7-8,12,18H,1-6,9-10H2,(H,19,20).